The number of nitrogens with one attached hydrogen (secondary N) is 1. The second kappa shape index (κ2) is 7.72. The van der Waals surface area contributed by atoms with Gasteiger partial charge in [-0.05, 0) is 24.5 Å². The minimum absolute atomic E-state index is 0.147. The maximum absolute atomic E-state index is 12.3. The van der Waals surface area contributed by atoms with Crippen molar-refractivity contribution in [3.63, 3.8) is 0 Å². The average Bonchev–Trinajstić information content (AvgIpc) is 2.54. The summed E-state index contributed by atoms with van der Waals surface area (Å²) in [5.41, 5.74) is 0.490. The normalized spacial score (nSPS) is 12.3. The molecule has 0 spiro atoms. The molecular formula is C17H21N3O4. The number of carbonyl (C=O) groups is 2. The number of fused-ring (bicyclic) bond motifs is 1. The van der Waals surface area contributed by atoms with E-state index >= 15 is 0 Å². The van der Waals surface area contributed by atoms with E-state index in [2.05, 4.69) is 10.3 Å². The number of aliphatic carboxylic acids is 1. The van der Waals surface area contributed by atoms with Crippen LogP contribution in [-0.2, 0) is 16.1 Å². The molecule has 1 heterocycles. The second-order valence-electron chi connectivity index (χ2n) is 5.99. The van der Waals surface area contributed by atoms with Crippen LogP contribution in [0, 0.1) is 5.92 Å². The van der Waals surface area contributed by atoms with Gasteiger partial charge in [-0.15, -0.1) is 0 Å². The van der Waals surface area contributed by atoms with E-state index in [4.69, 9.17) is 5.11 Å². The van der Waals surface area contributed by atoms with Crippen LogP contribution in [0.25, 0.3) is 10.9 Å². The summed E-state index contributed by atoms with van der Waals surface area (Å²) in [4.78, 5) is 39.5. The number of benzene rings is 1. The molecule has 0 aliphatic rings. The number of aromatic nitrogens is 2. The summed E-state index contributed by atoms with van der Waals surface area (Å²) in [5, 5.41) is 12.1. The third-order valence-corrected chi connectivity index (χ3v) is 3.78. The Morgan fingerprint density at radius 2 is 2.00 bits per heavy atom. The predicted molar refractivity (Wildman–Crippen MR) is 89.6 cm³/mol. The number of carbonyl (C=O) groups excluding carboxylic acids is 1. The van der Waals surface area contributed by atoms with Crippen LogP contribution in [0.2, 0.25) is 0 Å². The van der Waals surface area contributed by atoms with Gasteiger partial charge in [-0.25, -0.2) is 9.78 Å². The largest absolute Gasteiger partial charge is 0.480 e. The fourth-order valence-corrected chi connectivity index (χ4v) is 2.43. The Kier molecular flexibility index (Phi) is 5.68. The van der Waals surface area contributed by atoms with Gasteiger partial charge in [0.25, 0.3) is 5.56 Å². The van der Waals surface area contributed by atoms with Crippen molar-refractivity contribution in [2.75, 3.05) is 0 Å². The first-order valence-corrected chi connectivity index (χ1v) is 7.86. The Morgan fingerprint density at radius 1 is 1.29 bits per heavy atom. The van der Waals surface area contributed by atoms with Crippen molar-refractivity contribution in [2.45, 2.75) is 39.3 Å². The van der Waals surface area contributed by atoms with Gasteiger partial charge in [0.05, 0.1) is 17.2 Å². The molecule has 1 aromatic heterocycles. The number of rotatable bonds is 7. The topological polar surface area (TPSA) is 101 Å². The van der Waals surface area contributed by atoms with Gasteiger partial charge in [-0.1, -0.05) is 26.0 Å². The number of carboxylic acids is 1. The summed E-state index contributed by atoms with van der Waals surface area (Å²) in [5.74, 6) is -1.58. The van der Waals surface area contributed by atoms with Crippen molar-refractivity contribution in [2.24, 2.45) is 5.92 Å². The lowest BCUT2D eigenvalue weighted by Gasteiger charge is -2.17. The molecule has 0 unspecified atom stereocenters. The van der Waals surface area contributed by atoms with Crippen molar-refractivity contribution in [3.8, 4) is 0 Å². The lowest BCUT2D eigenvalue weighted by molar-refractivity contribution is -0.143. The molecule has 128 valence electrons. The van der Waals surface area contributed by atoms with Crippen LogP contribution in [0.5, 0.6) is 0 Å². The zero-order chi connectivity index (χ0) is 17.7. The molecule has 2 aromatic rings. The number of carboxylic acid groups (broad SMARTS) is 1. The fourth-order valence-electron chi connectivity index (χ4n) is 2.43. The first kappa shape index (κ1) is 17.7. The highest BCUT2D eigenvalue weighted by Gasteiger charge is 2.22. The van der Waals surface area contributed by atoms with Gasteiger partial charge in [0.2, 0.25) is 5.91 Å². The molecule has 1 amide bonds. The smallest absolute Gasteiger partial charge is 0.326 e. The summed E-state index contributed by atoms with van der Waals surface area (Å²) >= 11 is 0. The zero-order valence-corrected chi connectivity index (χ0v) is 13.7. The molecule has 2 N–H and O–H groups in total. The Bertz CT molecular complexity index is 798. The molecular weight excluding hydrogens is 310 g/mol. The first-order valence-electron chi connectivity index (χ1n) is 7.86. The highest BCUT2D eigenvalue weighted by Crippen LogP contribution is 2.06. The quantitative estimate of drug-likeness (QED) is 0.798. The molecule has 7 nitrogen and oxygen atoms in total. The van der Waals surface area contributed by atoms with Crippen molar-refractivity contribution in [1.29, 1.82) is 0 Å². The number of aryl methyl sites for hydroxylation is 1. The monoisotopic (exact) mass is 331 g/mol. The fraction of sp³-hybridized carbons (Fsp3) is 0.412. The SMILES string of the molecule is CC(C)[C@H](NC(=O)CCCn1cnc2ccccc2c1=O)C(=O)O. The van der Waals surface area contributed by atoms with E-state index in [1.807, 2.05) is 6.07 Å². The molecule has 7 heteroatoms. The molecule has 0 bridgehead atoms. The van der Waals surface area contributed by atoms with E-state index < -0.39 is 12.0 Å². The van der Waals surface area contributed by atoms with E-state index in [0.717, 1.165) is 0 Å². The number of nitrogens with zero attached hydrogens (tertiary/aromatic N) is 2. The molecule has 0 saturated carbocycles. The molecule has 0 fully saturated rings. The molecule has 0 saturated heterocycles. The van der Waals surface area contributed by atoms with Crippen LogP contribution >= 0.6 is 0 Å². The number of amides is 1. The number of hydrogen-bond donors (Lipinski definition) is 2. The summed E-state index contributed by atoms with van der Waals surface area (Å²) in [6.45, 7) is 3.82. The molecule has 1 aromatic carbocycles. The standard InChI is InChI=1S/C17H21N3O4/c1-11(2)15(17(23)24)19-14(21)8-5-9-20-10-18-13-7-4-3-6-12(13)16(20)22/h3-4,6-7,10-11,15H,5,8-9H2,1-2H3,(H,19,21)(H,23,24)/t15-/m0/s1. The van der Waals surface area contributed by atoms with Crippen LogP contribution in [0.4, 0.5) is 0 Å². The number of para-hydroxylation sites is 1. The van der Waals surface area contributed by atoms with E-state index in [-0.39, 0.29) is 23.8 Å². The van der Waals surface area contributed by atoms with Crippen LogP contribution in [0.3, 0.4) is 0 Å². The Balaban J connectivity index is 1.95. The van der Waals surface area contributed by atoms with Gasteiger partial charge >= 0.3 is 5.97 Å². The summed E-state index contributed by atoms with van der Waals surface area (Å²) in [6, 6.07) is 6.18. The molecule has 0 aliphatic carbocycles. The molecule has 0 radical (unpaired) electrons. The van der Waals surface area contributed by atoms with Crippen LogP contribution in [0.1, 0.15) is 26.7 Å². The molecule has 2 rings (SSSR count). The summed E-state index contributed by atoms with van der Waals surface area (Å²) < 4.78 is 1.47. The summed E-state index contributed by atoms with van der Waals surface area (Å²) in [6.07, 6.45) is 2.04. The lowest BCUT2D eigenvalue weighted by Crippen LogP contribution is -2.44. The minimum atomic E-state index is -1.05. The highest BCUT2D eigenvalue weighted by atomic mass is 16.4. The van der Waals surface area contributed by atoms with Gasteiger partial charge in [-0.3, -0.25) is 14.2 Å². The van der Waals surface area contributed by atoms with E-state index in [1.54, 1.807) is 32.0 Å². The third-order valence-electron chi connectivity index (χ3n) is 3.78. The number of hydrogen-bond acceptors (Lipinski definition) is 4. The maximum Gasteiger partial charge on any atom is 0.326 e. The predicted octanol–water partition coefficient (Wildman–Crippen LogP) is 1.40. The first-order chi connectivity index (χ1) is 11.4. The van der Waals surface area contributed by atoms with E-state index in [0.29, 0.717) is 23.9 Å². The second-order valence-corrected chi connectivity index (χ2v) is 5.99. The van der Waals surface area contributed by atoms with Crippen molar-refractivity contribution in [3.05, 3.63) is 40.9 Å². The van der Waals surface area contributed by atoms with Gasteiger partial charge in [-0.2, -0.15) is 0 Å². The van der Waals surface area contributed by atoms with Gasteiger partial charge in [0.15, 0.2) is 0 Å². The van der Waals surface area contributed by atoms with Gasteiger partial charge < -0.3 is 10.4 Å². The average molecular weight is 331 g/mol. The minimum Gasteiger partial charge on any atom is -0.480 e. The van der Waals surface area contributed by atoms with Crippen molar-refractivity contribution < 1.29 is 14.7 Å². The van der Waals surface area contributed by atoms with E-state index in [1.165, 1.54) is 10.9 Å². The van der Waals surface area contributed by atoms with Gasteiger partial charge in [0, 0.05) is 13.0 Å². The molecule has 1 atom stereocenters. The Labute approximate surface area is 139 Å². The molecule has 0 aliphatic heterocycles. The zero-order valence-electron chi connectivity index (χ0n) is 13.7. The van der Waals surface area contributed by atoms with Gasteiger partial charge in [0.1, 0.15) is 6.04 Å². The summed E-state index contributed by atoms with van der Waals surface area (Å²) in [7, 11) is 0. The highest BCUT2D eigenvalue weighted by molar-refractivity contribution is 5.83. The Hall–Kier alpha value is -2.70. The van der Waals surface area contributed by atoms with Crippen LogP contribution < -0.4 is 10.9 Å². The lowest BCUT2D eigenvalue weighted by atomic mass is 10.0. The van der Waals surface area contributed by atoms with Crippen LogP contribution in [0.15, 0.2) is 35.4 Å². The Morgan fingerprint density at radius 3 is 2.67 bits per heavy atom. The molecule has 24 heavy (non-hydrogen) atoms. The van der Waals surface area contributed by atoms with Crippen LogP contribution in [-0.4, -0.2) is 32.6 Å². The maximum atomic E-state index is 12.3. The van der Waals surface area contributed by atoms with E-state index in [9.17, 15) is 14.4 Å². The third kappa shape index (κ3) is 4.18. The van der Waals surface area contributed by atoms with Crippen molar-refractivity contribution >= 4 is 22.8 Å². The van der Waals surface area contributed by atoms with Crippen molar-refractivity contribution in [1.82, 2.24) is 14.9 Å².